The maximum absolute atomic E-state index is 11.1. The Morgan fingerprint density at radius 1 is 1.38 bits per heavy atom. The van der Waals surface area contributed by atoms with Gasteiger partial charge in [0.15, 0.2) is 0 Å². The molecule has 13 heavy (non-hydrogen) atoms. The first-order chi connectivity index (χ1) is 6.25. The van der Waals surface area contributed by atoms with Crippen LogP contribution in [-0.2, 0) is 4.79 Å². The molecule has 0 aliphatic carbocycles. The van der Waals surface area contributed by atoms with Gasteiger partial charge in [-0.2, -0.15) is 0 Å². The van der Waals surface area contributed by atoms with E-state index in [4.69, 9.17) is 0 Å². The van der Waals surface area contributed by atoms with Crippen LogP contribution in [0.25, 0.3) is 6.08 Å². The Kier molecular flexibility index (Phi) is 1.94. The molecular weight excluding hydrogens is 188 g/mol. The summed E-state index contributed by atoms with van der Waals surface area (Å²) in [5.74, 6) is -0.329. The van der Waals surface area contributed by atoms with Crippen LogP contribution in [0.1, 0.15) is 5.69 Å². The summed E-state index contributed by atoms with van der Waals surface area (Å²) < 4.78 is 0. The predicted molar refractivity (Wildman–Crippen MR) is 49.9 cm³/mol. The van der Waals surface area contributed by atoms with Gasteiger partial charge in [-0.15, -0.1) is 0 Å². The van der Waals surface area contributed by atoms with Crippen molar-refractivity contribution in [2.24, 2.45) is 0 Å². The molecule has 0 aromatic carbocycles. The van der Waals surface area contributed by atoms with Gasteiger partial charge >= 0.3 is 0 Å². The molecule has 0 atom stereocenters. The van der Waals surface area contributed by atoms with Crippen LogP contribution in [0.2, 0.25) is 0 Å². The van der Waals surface area contributed by atoms with E-state index < -0.39 is 0 Å². The van der Waals surface area contributed by atoms with Gasteiger partial charge in [-0.1, -0.05) is 0 Å². The van der Waals surface area contributed by atoms with E-state index in [9.17, 15) is 9.59 Å². The van der Waals surface area contributed by atoms with Gasteiger partial charge in [0.2, 0.25) is 0 Å². The van der Waals surface area contributed by atoms with Crippen LogP contribution >= 0.6 is 11.8 Å². The van der Waals surface area contributed by atoms with Crippen molar-refractivity contribution < 1.29 is 9.59 Å². The van der Waals surface area contributed by atoms with Crippen molar-refractivity contribution in [3.8, 4) is 0 Å². The Morgan fingerprint density at radius 3 is 2.77 bits per heavy atom. The second-order valence-electron chi connectivity index (χ2n) is 2.48. The number of amides is 2. The van der Waals surface area contributed by atoms with Gasteiger partial charge < -0.3 is 4.98 Å². The quantitative estimate of drug-likeness (QED) is 0.663. The first-order valence-corrected chi connectivity index (χ1v) is 4.45. The van der Waals surface area contributed by atoms with Crippen LogP contribution in [0.15, 0.2) is 23.2 Å². The van der Waals surface area contributed by atoms with E-state index in [0.29, 0.717) is 4.91 Å². The third-order valence-corrected chi connectivity index (χ3v) is 2.36. The van der Waals surface area contributed by atoms with Crippen molar-refractivity contribution in [1.29, 1.82) is 0 Å². The standard InChI is InChI=1S/C8H6N2O2S/c11-7-6(13-8(12)10-7)4-5-2-1-3-9-5/h1-4,9H,(H,10,11,12)/b6-4-. The number of imide groups is 1. The molecule has 1 aliphatic rings. The monoisotopic (exact) mass is 194 g/mol. The van der Waals surface area contributed by atoms with Crippen molar-refractivity contribution in [2.75, 3.05) is 0 Å². The molecule has 1 aliphatic heterocycles. The molecular formula is C8H6N2O2S. The lowest BCUT2D eigenvalue weighted by atomic mass is 10.3. The first-order valence-electron chi connectivity index (χ1n) is 3.64. The zero-order valence-corrected chi connectivity index (χ0v) is 7.35. The van der Waals surface area contributed by atoms with Crippen LogP contribution < -0.4 is 5.32 Å². The lowest BCUT2D eigenvalue weighted by Crippen LogP contribution is -2.17. The second-order valence-corrected chi connectivity index (χ2v) is 3.49. The minimum atomic E-state index is -0.329. The Bertz CT molecular complexity index is 381. The molecule has 1 saturated heterocycles. The fourth-order valence-electron chi connectivity index (χ4n) is 0.996. The van der Waals surface area contributed by atoms with Crippen LogP contribution in [-0.4, -0.2) is 16.1 Å². The number of carbonyl (C=O) groups is 2. The van der Waals surface area contributed by atoms with Crippen LogP contribution in [0.4, 0.5) is 4.79 Å². The fraction of sp³-hybridized carbons (Fsp3) is 0. The molecule has 1 aromatic heterocycles. The highest BCUT2D eigenvalue weighted by atomic mass is 32.2. The largest absolute Gasteiger partial charge is 0.362 e. The minimum Gasteiger partial charge on any atom is -0.362 e. The van der Waals surface area contributed by atoms with E-state index in [1.54, 1.807) is 12.3 Å². The molecule has 5 heteroatoms. The maximum atomic E-state index is 11.1. The summed E-state index contributed by atoms with van der Waals surface area (Å²) in [6.07, 6.45) is 3.40. The molecule has 4 nitrogen and oxygen atoms in total. The Labute approximate surface area is 78.4 Å². The zero-order valence-electron chi connectivity index (χ0n) is 6.53. The lowest BCUT2D eigenvalue weighted by molar-refractivity contribution is -0.115. The zero-order chi connectivity index (χ0) is 9.26. The molecule has 0 unspecified atom stereocenters. The smallest absolute Gasteiger partial charge is 0.290 e. The summed E-state index contributed by atoms with van der Waals surface area (Å²) in [5, 5.41) is 1.87. The van der Waals surface area contributed by atoms with Crippen molar-refractivity contribution in [1.82, 2.24) is 10.3 Å². The third-order valence-electron chi connectivity index (χ3n) is 1.55. The van der Waals surface area contributed by atoms with E-state index in [2.05, 4.69) is 10.3 Å². The molecule has 0 radical (unpaired) electrons. The average Bonchev–Trinajstić information content (AvgIpc) is 2.63. The number of aromatic amines is 1. The van der Waals surface area contributed by atoms with Crippen LogP contribution in [0.3, 0.4) is 0 Å². The van der Waals surface area contributed by atoms with Crippen molar-refractivity contribution in [3.05, 3.63) is 28.9 Å². The van der Waals surface area contributed by atoms with Gasteiger partial charge in [-0.25, -0.2) is 0 Å². The molecule has 2 amide bonds. The molecule has 2 heterocycles. The predicted octanol–water partition coefficient (Wildman–Crippen LogP) is 1.34. The summed E-state index contributed by atoms with van der Waals surface area (Å²) in [5.41, 5.74) is 0.812. The molecule has 2 N–H and O–H groups in total. The summed E-state index contributed by atoms with van der Waals surface area (Å²) in [6, 6.07) is 3.65. The van der Waals surface area contributed by atoms with E-state index in [0.717, 1.165) is 17.5 Å². The highest BCUT2D eigenvalue weighted by Crippen LogP contribution is 2.24. The van der Waals surface area contributed by atoms with Crippen LogP contribution in [0.5, 0.6) is 0 Å². The fourth-order valence-corrected chi connectivity index (χ4v) is 1.67. The summed E-state index contributed by atoms with van der Waals surface area (Å²) >= 11 is 0.913. The van der Waals surface area contributed by atoms with Crippen LogP contribution in [0, 0.1) is 0 Å². The number of aromatic nitrogens is 1. The second kappa shape index (κ2) is 3.10. The Morgan fingerprint density at radius 2 is 2.23 bits per heavy atom. The minimum absolute atomic E-state index is 0.317. The molecule has 1 fully saturated rings. The summed E-state index contributed by atoms with van der Waals surface area (Å²) in [4.78, 5) is 25.2. The van der Waals surface area contributed by atoms with E-state index in [-0.39, 0.29) is 11.1 Å². The van der Waals surface area contributed by atoms with Gasteiger partial charge in [-0.05, 0) is 30.0 Å². The highest BCUT2D eigenvalue weighted by Gasteiger charge is 2.24. The van der Waals surface area contributed by atoms with Gasteiger partial charge in [0.25, 0.3) is 11.1 Å². The van der Waals surface area contributed by atoms with Crippen molar-refractivity contribution in [2.45, 2.75) is 0 Å². The van der Waals surface area contributed by atoms with E-state index >= 15 is 0 Å². The Balaban J connectivity index is 2.27. The van der Waals surface area contributed by atoms with Gasteiger partial charge in [0, 0.05) is 11.9 Å². The van der Waals surface area contributed by atoms with Gasteiger partial charge in [-0.3, -0.25) is 14.9 Å². The molecule has 0 spiro atoms. The first kappa shape index (κ1) is 8.12. The lowest BCUT2D eigenvalue weighted by Gasteiger charge is -1.88. The van der Waals surface area contributed by atoms with Gasteiger partial charge in [0.05, 0.1) is 4.91 Å². The molecule has 2 rings (SSSR count). The van der Waals surface area contributed by atoms with Gasteiger partial charge in [0.1, 0.15) is 0 Å². The highest BCUT2D eigenvalue weighted by molar-refractivity contribution is 8.18. The van der Waals surface area contributed by atoms with Crippen molar-refractivity contribution in [3.63, 3.8) is 0 Å². The topological polar surface area (TPSA) is 62.0 Å². The summed E-state index contributed by atoms with van der Waals surface area (Å²) in [6.45, 7) is 0. The third kappa shape index (κ3) is 1.65. The Hall–Kier alpha value is -1.49. The van der Waals surface area contributed by atoms with E-state index in [1.165, 1.54) is 0 Å². The van der Waals surface area contributed by atoms with Crippen molar-refractivity contribution >= 4 is 29.0 Å². The molecule has 1 aromatic rings. The SMILES string of the molecule is O=C1NC(=O)/C(=C/c2ccc[nH]2)S1. The number of rotatable bonds is 1. The average molecular weight is 194 g/mol. The number of hydrogen-bond acceptors (Lipinski definition) is 3. The summed E-state index contributed by atoms with van der Waals surface area (Å²) in [7, 11) is 0. The number of carbonyl (C=O) groups excluding carboxylic acids is 2. The maximum Gasteiger partial charge on any atom is 0.290 e. The molecule has 0 saturated carbocycles. The van der Waals surface area contributed by atoms with E-state index in [1.807, 2.05) is 12.1 Å². The normalized spacial score (nSPS) is 19.5. The number of hydrogen-bond donors (Lipinski definition) is 2. The molecule has 66 valence electrons. The number of H-pyrrole nitrogens is 1. The number of thioether (sulfide) groups is 1. The molecule has 0 bridgehead atoms. The number of nitrogens with one attached hydrogen (secondary N) is 2.